The molecule has 0 saturated carbocycles. The van der Waals surface area contributed by atoms with Crippen LogP contribution in [0.4, 0.5) is 5.69 Å². The highest BCUT2D eigenvalue weighted by Gasteiger charge is 2.11. The first kappa shape index (κ1) is 15.9. The second-order valence-electron chi connectivity index (χ2n) is 5.87. The van der Waals surface area contributed by atoms with Crippen molar-refractivity contribution in [3.8, 4) is 16.9 Å². The number of hydrogen-bond acceptors (Lipinski definition) is 3. The Morgan fingerprint density at radius 2 is 1.81 bits per heavy atom. The third-order valence-electron chi connectivity index (χ3n) is 4.24. The SMILES string of the molecule is COc1ccc(C(=O)Nc2c[nH]c3ncc(-c4ccccc4)cc23)cc1. The lowest BCUT2D eigenvalue weighted by Gasteiger charge is -2.06. The zero-order chi connectivity index (χ0) is 17.9. The number of H-pyrrole nitrogens is 1. The Hall–Kier alpha value is -3.60. The van der Waals surface area contributed by atoms with Gasteiger partial charge < -0.3 is 15.0 Å². The number of ether oxygens (including phenoxy) is 1. The normalized spacial score (nSPS) is 10.7. The van der Waals surface area contributed by atoms with Crippen molar-refractivity contribution in [3.63, 3.8) is 0 Å². The van der Waals surface area contributed by atoms with Crippen LogP contribution in [0.5, 0.6) is 5.75 Å². The van der Waals surface area contributed by atoms with Crippen molar-refractivity contribution in [2.24, 2.45) is 0 Å². The number of carbonyl (C=O) groups excluding carboxylic acids is 1. The topological polar surface area (TPSA) is 67.0 Å². The van der Waals surface area contributed by atoms with Gasteiger partial charge in [-0.25, -0.2) is 4.98 Å². The molecule has 0 spiro atoms. The van der Waals surface area contributed by atoms with E-state index in [1.807, 2.05) is 42.6 Å². The van der Waals surface area contributed by atoms with E-state index >= 15 is 0 Å². The quantitative estimate of drug-likeness (QED) is 0.574. The Morgan fingerprint density at radius 3 is 2.54 bits per heavy atom. The van der Waals surface area contributed by atoms with E-state index in [0.29, 0.717) is 17.0 Å². The van der Waals surface area contributed by atoms with Crippen molar-refractivity contribution in [2.45, 2.75) is 0 Å². The van der Waals surface area contributed by atoms with Gasteiger partial charge >= 0.3 is 0 Å². The van der Waals surface area contributed by atoms with Gasteiger partial charge in [-0.05, 0) is 35.9 Å². The van der Waals surface area contributed by atoms with Crippen LogP contribution in [0.15, 0.2) is 73.1 Å². The van der Waals surface area contributed by atoms with Gasteiger partial charge in [-0.3, -0.25) is 4.79 Å². The lowest BCUT2D eigenvalue weighted by atomic mass is 10.1. The van der Waals surface area contributed by atoms with Crippen molar-refractivity contribution in [1.29, 1.82) is 0 Å². The number of rotatable bonds is 4. The first-order chi connectivity index (χ1) is 12.7. The summed E-state index contributed by atoms with van der Waals surface area (Å²) in [6, 6.07) is 19.0. The van der Waals surface area contributed by atoms with Gasteiger partial charge in [0.05, 0.1) is 12.8 Å². The number of hydrogen-bond donors (Lipinski definition) is 2. The molecule has 2 aromatic carbocycles. The van der Waals surface area contributed by atoms with Crippen molar-refractivity contribution in [1.82, 2.24) is 9.97 Å². The second-order valence-corrected chi connectivity index (χ2v) is 5.87. The van der Waals surface area contributed by atoms with Crippen LogP contribution >= 0.6 is 0 Å². The maximum atomic E-state index is 12.5. The number of pyridine rings is 1. The van der Waals surface area contributed by atoms with Gasteiger partial charge in [0.15, 0.2) is 0 Å². The summed E-state index contributed by atoms with van der Waals surface area (Å²) in [5, 5.41) is 3.82. The number of aromatic nitrogens is 2. The zero-order valence-electron chi connectivity index (χ0n) is 14.2. The van der Waals surface area contributed by atoms with E-state index in [1.165, 1.54) is 0 Å². The standard InChI is InChI=1S/C21H17N3O2/c1-26-17-9-7-15(8-10-17)21(25)24-19-13-23-20-18(19)11-16(12-22-20)14-5-3-2-4-6-14/h2-13H,1H3,(H,22,23)(H,24,25). The molecule has 0 aliphatic heterocycles. The minimum atomic E-state index is -0.182. The van der Waals surface area contributed by atoms with E-state index in [-0.39, 0.29) is 5.91 Å². The van der Waals surface area contributed by atoms with Crippen LogP contribution in [0, 0.1) is 0 Å². The summed E-state index contributed by atoms with van der Waals surface area (Å²) in [6.07, 6.45) is 3.58. The van der Waals surface area contributed by atoms with E-state index < -0.39 is 0 Å². The lowest BCUT2D eigenvalue weighted by molar-refractivity contribution is 0.102. The van der Waals surface area contributed by atoms with Crippen LogP contribution in [-0.2, 0) is 0 Å². The summed E-state index contributed by atoms with van der Waals surface area (Å²) in [5.41, 5.74) is 4.07. The van der Waals surface area contributed by atoms with E-state index in [9.17, 15) is 4.79 Å². The number of methoxy groups -OCH3 is 1. The fourth-order valence-corrected chi connectivity index (χ4v) is 2.83. The molecule has 0 bridgehead atoms. The summed E-state index contributed by atoms with van der Waals surface area (Å²) >= 11 is 0. The molecule has 26 heavy (non-hydrogen) atoms. The number of fused-ring (bicyclic) bond motifs is 1. The first-order valence-corrected chi connectivity index (χ1v) is 8.22. The molecule has 4 rings (SSSR count). The highest BCUT2D eigenvalue weighted by atomic mass is 16.5. The molecule has 0 radical (unpaired) electrons. The van der Waals surface area contributed by atoms with E-state index in [2.05, 4.69) is 15.3 Å². The van der Waals surface area contributed by atoms with Crippen LogP contribution in [0.1, 0.15) is 10.4 Å². The summed E-state index contributed by atoms with van der Waals surface area (Å²) in [6.45, 7) is 0. The number of amides is 1. The molecule has 0 saturated heterocycles. The third-order valence-corrected chi connectivity index (χ3v) is 4.24. The van der Waals surface area contributed by atoms with Gasteiger partial charge in [0.1, 0.15) is 11.4 Å². The zero-order valence-corrected chi connectivity index (χ0v) is 14.2. The molecular formula is C21H17N3O2. The van der Waals surface area contributed by atoms with Gasteiger partial charge in [-0.2, -0.15) is 0 Å². The van der Waals surface area contributed by atoms with Crippen LogP contribution in [0.2, 0.25) is 0 Å². The number of aromatic amines is 1. The van der Waals surface area contributed by atoms with E-state index in [0.717, 1.165) is 22.2 Å². The molecule has 0 atom stereocenters. The largest absolute Gasteiger partial charge is 0.497 e. The molecule has 0 aliphatic carbocycles. The van der Waals surface area contributed by atoms with Gasteiger partial charge in [-0.15, -0.1) is 0 Å². The number of benzene rings is 2. The molecule has 0 aliphatic rings. The highest BCUT2D eigenvalue weighted by molar-refractivity contribution is 6.09. The molecule has 0 unspecified atom stereocenters. The Bertz CT molecular complexity index is 1050. The Kier molecular flexibility index (Phi) is 4.11. The molecule has 1 amide bonds. The smallest absolute Gasteiger partial charge is 0.255 e. The lowest BCUT2D eigenvalue weighted by Crippen LogP contribution is -2.11. The fourth-order valence-electron chi connectivity index (χ4n) is 2.83. The van der Waals surface area contributed by atoms with Crippen molar-refractivity contribution in [2.75, 3.05) is 12.4 Å². The molecule has 4 aromatic rings. The van der Waals surface area contributed by atoms with E-state index in [4.69, 9.17) is 4.74 Å². The molecule has 5 nitrogen and oxygen atoms in total. The fraction of sp³-hybridized carbons (Fsp3) is 0.0476. The van der Waals surface area contributed by atoms with Crippen LogP contribution in [0.25, 0.3) is 22.2 Å². The molecule has 0 fully saturated rings. The maximum absolute atomic E-state index is 12.5. The molecule has 2 N–H and O–H groups in total. The number of anilines is 1. The Labute approximate surface area is 150 Å². The van der Waals surface area contributed by atoms with Gasteiger partial charge in [-0.1, -0.05) is 30.3 Å². The Morgan fingerprint density at radius 1 is 1.04 bits per heavy atom. The second kappa shape index (κ2) is 6.72. The highest BCUT2D eigenvalue weighted by Crippen LogP contribution is 2.27. The van der Waals surface area contributed by atoms with Crippen LogP contribution < -0.4 is 10.1 Å². The summed E-state index contributed by atoms with van der Waals surface area (Å²) in [7, 11) is 1.60. The number of nitrogens with zero attached hydrogens (tertiary/aromatic N) is 1. The average Bonchev–Trinajstić information content (AvgIpc) is 3.10. The summed E-state index contributed by atoms with van der Waals surface area (Å²) in [5.74, 6) is 0.531. The van der Waals surface area contributed by atoms with Crippen molar-refractivity contribution in [3.05, 3.63) is 78.6 Å². The molecule has 128 valence electrons. The minimum absolute atomic E-state index is 0.182. The minimum Gasteiger partial charge on any atom is -0.497 e. The van der Waals surface area contributed by atoms with Gasteiger partial charge in [0.2, 0.25) is 0 Å². The Balaban J connectivity index is 1.64. The summed E-state index contributed by atoms with van der Waals surface area (Å²) in [4.78, 5) is 20.1. The van der Waals surface area contributed by atoms with Crippen LogP contribution in [0.3, 0.4) is 0 Å². The van der Waals surface area contributed by atoms with Gasteiger partial charge in [0.25, 0.3) is 5.91 Å². The number of carbonyl (C=O) groups is 1. The third kappa shape index (κ3) is 3.02. The molecule has 2 heterocycles. The van der Waals surface area contributed by atoms with Crippen LogP contribution in [-0.4, -0.2) is 23.0 Å². The predicted molar refractivity (Wildman–Crippen MR) is 102 cm³/mol. The number of nitrogens with one attached hydrogen (secondary N) is 2. The monoisotopic (exact) mass is 343 g/mol. The van der Waals surface area contributed by atoms with Crippen molar-refractivity contribution >= 4 is 22.6 Å². The van der Waals surface area contributed by atoms with Crippen molar-refractivity contribution < 1.29 is 9.53 Å². The predicted octanol–water partition coefficient (Wildman–Crippen LogP) is 4.49. The average molecular weight is 343 g/mol. The van der Waals surface area contributed by atoms with Gasteiger partial charge in [0, 0.05) is 28.9 Å². The first-order valence-electron chi connectivity index (χ1n) is 8.22. The molecular weight excluding hydrogens is 326 g/mol. The molecule has 2 aromatic heterocycles. The summed E-state index contributed by atoms with van der Waals surface area (Å²) < 4.78 is 5.12. The molecule has 5 heteroatoms. The van der Waals surface area contributed by atoms with E-state index in [1.54, 1.807) is 37.6 Å². The maximum Gasteiger partial charge on any atom is 0.255 e.